The molecule has 1 aliphatic heterocycles. The predicted molar refractivity (Wildman–Crippen MR) is 77.5 cm³/mol. The lowest BCUT2D eigenvalue weighted by Gasteiger charge is -2.21. The molecular formula is C14H13N3O2S. The van der Waals surface area contributed by atoms with E-state index in [9.17, 15) is 8.42 Å². The van der Waals surface area contributed by atoms with Gasteiger partial charge < -0.3 is 0 Å². The zero-order valence-corrected chi connectivity index (χ0v) is 11.7. The van der Waals surface area contributed by atoms with Crippen LogP contribution in [0.15, 0.2) is 36.4 Å². The highest BCUT2D eigenvalue weighted by Gasteiger charge is 2.34. The highest BCUT2D eigenvalue weighted by Crippen LogP contribution is 2.28. The van der Waals surface area contributed by atoms with Crippen LogP contribution in [-0.4, -0.2) is 21.0 Å². The van der Waals surface area contributed by atoms with E-state index in [1.165, 1.54) is 4.31 Å². The minimum absolute atomic E-state index is 0.128. The van der Waals surface area contributed by atoms with E-state index < -0.39 is 10.2 Å². The number of benzene rings is 2. The first-order valence-electron chi connectivity index (χ1n) is 6.25. The van der Waals surface area contributed by atoms with E-state index in [1.54, 1.807) is 30.3 Å². The van der Waals surface area contributed by atoms with Crippen LogP contribution in [0.1, 0.15) is 12.5 Å². The van der Waals surface area contributed by atoms with Gasteiger partial charge in [-0.25, -0.2) is 0 Å². The van der Waals surface area contributed by atoms with Crippen molar-refractivity contribution in [1.82, 2.24) is 4.72 Å². The minimum atomic E-state index is -3.46. The number of hydrogen-bond donors (Lipinski definition) is 1. The summed E-state index contributed by atoms with van der Waals surface area (Å²) in [5.41, 5.74) is 1.20. The van der Waals surface area contributed by atoms with Crippen molar-refractivity contribution in [2.24, 2.45) is 0 Å². The number of fused-ring (bicyclic) bond motifs is 1. The molecule has 0 bridgehead atoms. The van der Waals surface area contributed by atoms with Crippen LogP contribution in [0.4, 0.5) is 5.69 Å². The molecule has 1 N–H and O–H groups in total. The first-order valence-corrected chi connectivity index (χ1v) is 7.69. The third-order valence-electron chi connectivity index (χ3n) is 3.46. The Balaban J connectivity index is 2.18. The van der Waals surface area contributed by atoms with Crippen molar-refractivity contribution in [1.29, 1.82) is 5.26 Å². The van der Waals surface area contributed by atoms with Gasteiger partial charge in [-0.15, -0.1) is 0 Å². The van der Waals surface area contributed by atoms with E-state index in [0.717, 1.165) is 10.8 Å². The van der Waals surface area contributed by atoms with Gasteiger partial charge in [-0.3, -0.25) is 4.31 Å². The van der Waals surface area contributed by atoms with Crippen LogP contribution in [-0.2, 0) is 10.2 Å². The molecule has 1 saturated heterocycles. The molecule has 0 spiro atoms. The Bertz CT molecular complexity index is 824. The lowest BCUT2D eigenvalue weighted by atomic mass is 10.0. The molecule has 1 heterocycles. The second-order valence-electron chi connectivity index (χ2n) is 4.82. The summed E-state index contributed by atoms with van der Waals surface area (Å²) >= 11 is 0. The van der Waals surface area contributed by atoms with Gasteiger partial charge in [-0.1, -0.05) is 18.2 Å². The van der Waals surface area contributed by atoms with E-state index in [4.69, 9.17) is 5.26 Å². The van der Waals surface area contributed by atoms with Gasteiger partial charge in [0.25, 0.3) is 0 Å². The van der Waals surface area contributed by atoms with Gasteiger partial charge in [0, 0.05) is 6.54 Å². The van der Waals surface area contributed by atoms with Gasteiger partial charge >= 0.3 is 10.2 Å². The second kappa shape index (κ2) is 4.47. The van der Waals surface area contributed by atoms with Crippen LogP contribution in [0.5, 0.6) is 0 Å². The average molecular weight is 287 g/mol. The normalized spacial score (nSPS) is 21.0. The van der Waals surface area contributed by atoms with Crippen molar-refractivity contribution in [3.63, 3.8) is 0 Å². The number of rotatable bonds is 1. The third-order valence-corrected chi connectivity index (χ3v) is 5.08. The molecule has 0 amide bonds. The van der Waals surface area contributed by atoms with Crippen LogP contribution in [0.25, 0.3) is 10.8 Å². The van der Waals surface area contributed by atoms with Crippen molar-refractivity contribution in [3.8, 4) is 6.07 Å². The van der Waals surface area contributed by atoms with E-state index >= 15 is 0 Å². The summed E-state index contributed by atoms with van der Waals surface area (Å²) < 4.78 is 27.9. The number of nitrogens with one attached hydrogen (secondary N) is 1. The monoisotopic (exact) mass is 287 g/mol. The Morgan fingerprint density at radius 2 is 2.15 bits per heavy atom. The number of anilines is 1. The van der Waals surface area contributed by atoms with Crippen molar-refractivity contribution >= 4 is 26.7 Å². The highest BCUT2D eigenvalue weighted by molar-refractivity contribution is 7.91. The minimum Gasteiger partial charge on any atom is -0.254 e. The molecule has 1 unspecified atom stereocenters. The first-order chi connectivity index (χ1) is 9.53. The molecule has 6 heteroatoms. The van der Waals surface area contributed by atoms with Crippen molar-refractivity contribution < 1.29 is 8.42 Å². The zero-order valence-electron chi connectivity index (χ0n) is 10.9. The van der Waals surface area contributed by atoms with Crippen LogP contribution in [0.2, 0.25) is 0 Å². The van der Waals surface area contributed by atoms with E-state index in [0.29, 0.717) is 17.8 Å². The van der Waals surface area contributed by atoms with E-state index in [1.807, 2.05) is 13.0 Å². The summed E-state index contributed by atoms with van der Waals surface area (Å²) in [6.07, 6.45) is 0. The van der Waals surface area contributed by atoms with Crippen molar-refractivity contribution in [3.05, 3.63) is 42.0 Å². The predicted octanol–water partition coefficient (Wildman–Crippen LogP) is 1.75. The number of nitriles is 1. The molecular weight excluding hydrogens is 274 g/mol. The molecule has 20 heavy (non-hydrogen) atoms. The van der Waals surface area contributed by atoms with Crippen LogP contribution in [0.3, 0.4) is 0 Å². The van der Waals surface area contributed by atoms with Crippen LogP contribution >= 0.6 is 0 Å². The van der Waals surface area contributed by atoms with E-state index in [2.05, 4.69) is 10.8 Å². The Kier molecular flexibility index (Phi) is 2.89. The van der Waals surface area contributed by atoms with Gasteiger partial charge in [-0.05, 0) is 35.9 Å². The van der Waals surface area contributed by atoms with Crippen molar-refractivity contribution in [2.45, 2.75) is 13.0 Å². The number of nitrogens with zero attached hydrogens (tertiary/aromatic N) is 2. The first kappa shape index (κ1) is 12.9. The molecule has 5 nitrogen and oxygen atoms in total. The summed E-state index contributed by atoms with van der Waals surface area (Å²) in [7, 11) is -3.46. The van der Waals surface area contributed by atoms with Crippen LogP contribution in [0, 0.1) is 11.3 Å². The molecule has 0 saturated carbocycles. The van der Waals surface area contributed by atoms with Gasteiger partial charge in [0.05, 0.1) is 23.4 Å². The summed E-state index contributed by atoms with van der Waals surface area (Å²) in [6.45, 7) is 2.26. The Morgan fingerprint density at radius 1 is 1.35 bits per heavy atom. The van der Waals surface area contributed by atoms with Gasteiger partial charge in [-0.2, -0.15) is 18.4 Å². The maximum Gasteiger partial charge on any atom is 0.301 e. The summed E-state index contributed by atoms with van der Waals surface area (Å²) in [5, 5.41) is 10.8. The van der Waals surface area contributed by atoms with Crippen molar-refractivity contribution in [2.75, 3.05) is 10.8 Å². The largest absolute Gasteiger partial charge is 0.301 e. The smallest absolute Gasteiger partial charge is 0.254 e. The Hall–Kier alpha value is -2.10. The zero-order chi connectivity index (χ0) is 14.3. The Morgan fingerprint density at radius 3 is 2.80 bits per heavy atom. The number of hydrogen-bond acceptors (Lipinski definition) is 3. The third kappa shape index (κ3) is 1.92. The highest BCUT2D eigenvalue weighted by atomic mass is 32.2. The molecule has 2 aromatic rings. The van der Waals surface area contributed by atoms with Gasteiger partial charge in [0.15, 0.2) is 0 Å². The van der Waals surface area contributed by atoms with Gasteiger partial charge in [0.1, 0.15) is 0 Å². The fraction of sp³-hybridized carbons (Fsp3) is 0.214. The second-order valence-corrected chi connectivity index (χ2v) is 6.45. The fourth-order valence-corrected chi connectivity index (χ4v) is 4.04. The lowest BCUT2D eigenvalue weighted by molar-refractivity contribution is 0.591. The molecule has 1 aliphatic rings. The fourth-order valence-electron chi connectivity index (χ4n) is 2.51. The molecule has 0 aromatic heterocycles. The maximum atomic E-state index is 12.0. The summed E-state index contributed by atoms with van der Waals surface area (Å²) in [4.78, 5) is 0. The molecule has 2 aromatic carbocycles. The molecule has 1 fully saturated rings. The molecule has 0 aliphatic carbocycles. The molecule has 102 valence electrons. The standard InChI is InChI=1S/C14H13N3O2S/c1-10-9-16-20(18,19)17(10)13-5-6-14-11(7-13)3-2-4-12(14)8-15/h2-7,10,16H,9H2,1H3. The topological polar surface area (TPSA) is 73.2 Å². The van der Waals surface area contributed by atoms with Gasteiger partial charge in [0.2, 0.25) is 0 Å². The molecule has 0 radical (unpaired) electrons. The SMILES string of the molecule is CC1CNS(=O)(=O)N1c1ccc2c(C#N)cccc2c1. The summed E-state index contributed by atoms with van der Waals surface area (Å²) in [5.74, 6) is 0. The van der Waals surface area contributed by atoms with Crippen LogP contribution < -0.4 is 9.03 Å². The Labute approximate surface area is 117 Å². The molecule has 3 rings (SSSR count). The molecule has 1 atom stereocenters. The summed E-state index contributed by atoms with van der Waals surface area (Å²) in [6, 6.07) is 12.8. The maximum absolute atomic E-state index is 12.0. The van der Waals surface area contributed by atoms with E-state index in [-0.39, 0.29) is 6.04 Å². The average Bonchev–Trinajstić information content (AvgIpc) is 2.71. The lowest BCUT2D eigenvalue weighted by Crippen LogP contribution is -2.33. The quantitative estimate of drug-likeness (QED) is 0.868.